The average Bonchev–Trinajstić information content (AvgIpc) is 2.72. The Balaban J connectivity index is 1.93. The van der Waals surface area contributed by atoms with E-state index in [0.29, 0.717) is 17.8 Å². The Hall–Kier alpha value is -2.74. The topological polar surface area (TPSA) is 124 Å². The van der Waals surface area contributed by atoms with Crippen molar-refractivity contribution in [2.75, 3.05) is 23.7 Å². The zero-order chi connectivity index (χ0) is 21.0. The summed E-state index contributed by atoms with van der Waals surface area (Å²) in [4.78, 5) is 21.3. The van der Waals surface area contributed by atoms with Crippen molar-refractivity contribution in [1.29, 1.82) is 0 Å². The SMILES string of the molecule is CC(C)(c1ccccc1)N(CC1CCC(CN)CC1)c1ncc([N+](=O)[O-])c(N)n1. The summed E-state index contributed by atoms with van der Waals surface area (Å²) >= 11 is 0. The van der Waals surface area contributed by atoms with Gasteiger partial charge in [0, 0.05) is 6.54 Å². The fourth-order valence-electron chi connectivity index (χ4n) is 4.12. The molecule has 156 valence electrons. The quantitative estimate of drug-likeness (QED) is 0.540. The van der Waals surface area contributed by atoms with Crippen molar-refractivity contribution in [3.63, 3.8) is 0 Å². The van der Waals surface area contributed by atoms with E-state index in [4.69, 9.17) is 11.5 Å². The Kier molecular flexibility index (Phi) is 6.32. The first-order chi connectivity index (χ1) is 13.8. The maximum Gasteiger partial charge on any atom is 0.329 e. The molecule has 1 fully saturated rings. The molecule has 1 aliphatic carbocycles. The van der Waals surface area contributed by atoms with Gasteiger partial charge in [0.2, 0.25) is 11.8 Å². The van der Waals surface area contributed by atoms with E-state index in [9.17, 15) is 10.1 Å². The highest BCUT2D eigenvalue weighted by molar-refractivity contribution is 5.55. The molecule has 8 nitrogen and oxygen atoms in total. The molecule has 2 aromatic rings. The van der Waals surface area contributed by atoms with Gasteiger partial charge in [0.25, 0.3) is 0 Å². The Bertz CT molecular complexity index is 834. The lowest BCUT2D eigenvalue weighted by molar-refractivity contribution is -0.384. The lowest BCUT2D eigenvalue weighted by Gasteiger charge is -2.42. The number of hydrogen-bond acceptors (Lipinski definition) is 7. The summed E-state index contributed by atoms with van der Waals surface area (Å²) in [5, 5.41) is 11.1. The molecule has 0 aliphatic heterocycles. The van der Waals surface area contributed by atoms with Crippen molar-refractivity contribution in [3.8, 4) is 0 Å². The fraction of sp³-hybridized carbons (Fsp3) is 0.524. The van der Waals surface area contributed by atoms with Gasteiger partial charge in [-0.25, -0.2) is 4.98 Å². The number of nitrogen functional groups attached to an aromatic ring is 1. The molecule has 0 radical (unpaired) electrons. The van der Waals surface area contributed by atoms with Crippen LogP contribution in [0.4, 0.5) is 17.5 Å². The van der Waals surface area contributed by atoms with Gasteiger partial charge >= 0.3 is 5.69 Å². The summed E-state index contributed by atoms with van der Waals surface area (Å²) in [5.74, 6) is 1.40. The molecule has 4 N–H and O–H groups in total. The zero-order valence-corrected chi connectivity index (χ0v) is 17.1. The molecule has 0 saturated heterocycles. The Morgan fingerprint density at radius 3 is 2.34 bits per heavy atom. The van der Waals surface area contributed by atoms with Crippen LogP contribution in [0.15, 0.2) is 36.5 Å². The third kappa shape index (κ3) is 4.64. The number of nitrogens with two attached hydrogens (primary N) is 2. The van der Waals surface area contributed by atoms with Crippen molar-refractivity contribution in [2.45, 2.75) is 45.1 Å². The molecule has 0 atom stereocenters. The van der Waals surface area contributed by atoms with Gasteiger partial charge in [-0.05, 0) is 63.5 Å². The van der Waals surface area contributed by atoms with Crippen molar-refractivity contribution in [3.05, 3.63) is 52.2 Å². The molecule has 0 amide bonds. The molecule has 1 aliphatic rings. The van der Waals surface area contributed by atoms with Gasteiger partial charge in [-0.3, -0.25) is 10.1 Å². The normalized spacial score (nSPS) is 19.7. The van der Waals surface area contributed by atoms with Crippen LogP contribution in [0.1, 0.15) is 45.1 Å². The molecule has 1 aromatic heterocycles. The second-order valence-electron chi connectivity index (χ2n) is 8.36. The summed E-state index contributed by atoms with van der Waals surface area (Å²) < 4.78 is 0. The molecule has 8 heteroatoms. The van der Waals surface area contributed by atoms with Crippen molar-refractivity contribution in [2.24, 2.45) is 17.6 Å². The van der Waals surface area contributed by atoms with Crippen LogP contribution in [0, 0.1) is 22.0 Å². The standard InChI is InChI=1S/C21H30N6O2/c1-21(2,17-6-4-3-5-7-17)26(14-16-10-8-15(12-22)9-11-16)20-24-13-18(27(28)29)19(23)25-20/h3-7,13,15-16H,8-12,14,22H2,1-2H3,(H2,23,24,25). The molecule has 3 rings (SSSR count). The van der Waals surface area contributed by atoms with Gasteiger partial charge < -0.3 is 16.4 Å². The minimum Gasteiger partial charge on any atom is -0.378 e. The van der Waals surface area contributed by atoms with Gasteiger partial charge in [0.1, 0.15) is 6.20 Å². The Morgan fingerprint density at radius 1 is 1.17 bits per heavy atom. The van der Waals surface area contributed by atoms with Gasteiger partial charge in [-0.15, -0.1) is 0 Å². The number of hydrogen-bond donors (Lipinski definition) is 2. The van der Waals surface area contributed by atoms with E-state index in [1.54, 1.807) is 0 Å². The molecular formula is C21H30N6O2. The minimum absolute atomic E-state index is 0.110. The van der Waals surface area contributed by atoms with Crippen LogP contribution in [-0.4, -0.2) is 28.0 Å². The maximum atomic E-state index is 11.1. The lowest BCUT2D eigenvalue weighted by Crippen LogP contribution is -2.46. The first-order valence-electron chi connectivity index (χ1n) is 10.1. The number of aromatic nitrogens is 2. The average molecular weight is 399 g/mol. The second-order valence-corrected chi connectivity index (χ2v) is 8.36. The van der Waals surface area contributed by atoms with Crippen molar-refractivity contribution in [1.82, 2.24) is 9.97 Å². The second kappa shape index (κ2) is 8.73. The monoisotopic (exact) mass is 398 g/mol. The zero-order valence-electron chi connectivity index (χ0n) is 17.1. The summed E-state index contributed by atoms with van der Waals surface area (Å²) in [6, 6.07) is 10.2. The van der Waals surface area contributed by atoms with Gasteiger partial charge in [0.05, 0.1) is 10.5 Å². The minimum atomic E-state index is -0.556. The summed E-state index contributed by atoms with van der Waals surface area (Å²) in [6.07, 6.45) is 5.67. The highest BCUT2D eigenvalue weighted by atomic mass is 16.6. The summed E-state index contributed by atoms with van der Waals surface area (Å²) in [6.45, 7) is 5.74. The van der Waals surface area contributed by atoms with Crippen molar-refractivity contribution < 1.29 is 4.92 Å². The molecule has 0 bridgehead atoms. The number of nitrogens with zero attached hydrogens (tertiary/aromatic N) is 4. The highest BCUT2D eigenvalue weighted by Crippen LogP contribution is 2.36. The molecule has 1 saturated carbocycles. The van der Waals surface area contributed by atoms with Crippen LogP contribution in [0.2, 0.25) is 0 Å². The Morgan fingerprint density at radius 2 is 1.79 bits per heavy atom. The van der Waals surface area contributed by atoms with E-state index in [2.05, 4.69) is 40.8 Å². The van der Waals surface area contributed by atoms with Crippen LogP contribution in [0.5, 0.6) is 0 Å². The van der Waals surface area contributed by atoms with Crippen LogP contribution in [0.3, 0.4) is 0 Å². The molecule has 1 aromatic carbocycles. The van der Waals surface area contributed by atoms with E-state index in [-0.39, 0.29) is 11.5 Å². The van der Waals surface area contributed by atoms with E-state index in [1.807, 2.05) is 18.2 Å². The number of anilines is 2. The number of benzene rings is 1. The number of nitro groups is 1. The third-order valence-electron chi connectivity index (χ3n) is 6.12. The summed E-state index contributed by atoms with van der Waals surface area (Å²) in [7, 11) is 0. The molecule has 1 heterocycles. The van der Waals surface area contributed by atoms with Gasteiger partial charge in [-0.1, -0.05) is 30.3 Å². The molecule has 29 heavy (non-hydrogen) atoms. The van der Waals surface area contributed by atoms with Crippen molar-refractivity contribution >= 4 is 17.5 Å². The lowest BCUT2D eigenvalue weighted by atomic mass is 9.81. The van der Waals surface area contributed by atoms with Gasteiger partial charge in [0.15, 0.2) is 0 Å². The molecule has 0 spiro atoms. The predicted molar refractivity (Wildman–Crippen MR) is 114 cm³/mol. The maximum absolute atomic E-state index is 11.1. The largest absolute Gasteiger partial charge is 0.378 e. The highest BCUT2D eigenvalue weighted by Gasteiger charge is 2.34. The first-order valence-corrected chi connectivity index (χ1v) is 10.1. The molecular weight excluding hydrogens is 368 g/mol. The van der Waals surface area contributed by atoms with Crippen LogP contribution < -0.4 is 16.4 Å². The Labute approximate surface area is 171 Å². The number of rotatable bonds is 7. The fourth-order valence-corrected chi connectivity index (χ4v) is 4.12. The third-order valence-corrected chi connectivity index (χ3v) is 6.12. The first kappa shape index (κ1) is 21.0. The van der Waals surface area contributed by atoms with E-state index in [1.165, 1.54) is 6.20 Å². The predicted octanol–water partition coefficient (Wildman–Crippen LogP) is 3.47. The van der Waals surface area contributed by atoms with Crippen LogP contribution in [0.25, 0.3) is 0 Å². The van der Waals surface area contributed by atoms with E-state index < -0.39 is 10.5 Å². The summed E-state index contributed by atoms with van der Waals surface area (Å²) in [5.41, 5.74) is 12.2. The van der Waals surface area contributed by atoms with E-state index in [0.717, 1.165) is 44.3 Å². The van der Waals surface area contributed by atoms with Gasteiger partial charge in [-0.2, -0.15) is 4.98 Å². The van der Waals surface area contributed by atoms with Crippen LogP contribution in [-0.2, 0) is 5.54 Å². The smallest absolute Gasteiger partial charge is 0.329 e. The van der Waals surface area contributed by atoms with Crippen LogP contribution >= 0.6 is 0 Å². The molecule has 0 unspecified atom stereocenters. The van der Waals surface area contributed by atoms with E-state index >= 15 is 0 Å².